The first-order valence-electron chi connectivity index (χ1n) is 6.41. The summed E-state index contributed by atoms with van der Waals surface area (Å²) >= 11 is 0. The van der Waals surface area contributed by atoms with E-state index in [1.165, 1.54) is 7.05 Å². The summed E-state index contributed by atoms with van der Waals surface area (Å²) in [6.45, 7) is 1.68. The molecule has 0 aromatic heterocycles. The van der Waals surface area contributed by atoms with Gasteiger partial charge < -0.3 is 10.6 Å². The van der Waals surface area contributed by atoms with Crippen LogP contribution in [0.5, 0.6) is 0 Å². The molecule has 2 N–H and O–H groups in total. The van der Waals surface area contributed by atoms with E-state index in [-0.39, 0.29) is 23.6 Å². The summed E-state index contributed by atoms with van der Waals surface area (Å²) in [6.07, 6.45) is 2.35. The van der Waals surface area contributed by atoms with Crippen LogP contribution in [-0.2, 0) is 14.4 Å². The van der Waals surface area contributed by atoms with Gasteiger partial charge in [-0.1, -0.05) is 0 Å². The van der Waals surface area contributed by atoms with E-state index in [0.717, 1.165) is 30.8 Å². The number of nitrogens with zero attached hydrogens (tertiary/aromatic N) is 1. The van der Waals surface area contributed by atoms with Crippen molar-refractivity contribution in [2.45, 2.75) is 31.7 Å². The van der Waals surface area contributed by atoms with Crippen molar-refractivity contribution < 1.29 is 14.4 Å². The highest BCUT2D eigenvalue weighted by atomic mass is 16.2. The molecule has 0 aromatic rings. The molecular weight excluding hydrogens is 234 g/mol. The van der Waals surface area contributed by atoms with Crippen molar-refractivity contribution >= 4 is 17.7 Å². The van der Waals surface area contributed by atoms with Gasteiger partial charge in [0.1, 0.15) is 6.04 Å². The Hall–Kier alpha value is -1.43. The highest BCUT2D eigenvalue weighted by molar-refractivity contribution is 6.01. The van der Waals surface area contributed by atoms with Crippen molar-refractivity contribution in [2.24, 2.45) is 5.92 Å². The van der Waals surface area contributed by atoms with E-state index in [9.17, 15) is 14.4 Å². The minimum absolute atomic E-state index is 0.0121. The van der Waals surface area contributed by atoms with Gasteiger partial charge in [0, 0.05) is 19.4 Å². The van der Waals surface area contributed by atoms with Crippen molar-refractivity contribution in [3.05, 3.63) is 0 Å². The predicted octanol–water partition coefficient (Wildman–Crippen LogP) is -0.750. The molecule has 1 unspecified atom stereocenters. The molecule has 1 atom stereocenters. The standard InChI is InChI=1S/C12H19N3O3/c1-15-10(16)3-2-9(12(15)18)14-11(17)8-4-6-13-7-5-8/h8-9,13H,2-7H2,1H3,(H,14,17). The first-order chi connectivity index (χ1) is 8.59. The lowest BCUT2D eigenvalue weighted by Crippen LogP contribution is -2.54. The smallest absolute Gasteiger partial charge is 0.251 e. The topological polar surface area (TPSA) is 78.5 Å². The highest BCUT2D eigenvalue weighted by Gasteiger charge is 2.34. The number of hydrogen-bond acceptors (Lipinski definition) is 4. The summed E-state index contributed by atoms with van der Waals surface area (Å²) in [6, 6.07) is -0.532. The molecule has 6 heteroatoms. The van der Waals surface area contributed by atoms with Crippen molar-refractivity contribution in [1.82, 2.24) is 15.5 Å². The zero-order valence-corrected chi connectivity index (χ0v) is 10.6. The fourth-order valence-electron chi connectivity index (χ4n) is 2.42. The fourth-order valence-corrected chi connectivity index (χ4v) is 2.42. The highest BCUT2D eigenvalue weighted by Crippen LogP contribution is 2.15. The van der Waals surface area contributed by atoms with Crippen LogP contribution in [0.15, 0.2) is 0 Å². The number of likely N-dealkylation sites (N-methyl/N-ethyl adjacent to an activating group) is 1. The number of hydrogen-bond donors (Lipinski definition) is 2. The maximum atomic E-state index is 12.0. The first-order valence-corrected chi connectivity index (χ1v) is 6.41. The Morgan fingerprint density at radius 1 is 1.28 bits per heavy atom. The van der Waals surface area contributed by atoms with Crippen LogP contribution in [0, 0.1) is 5.92 Å². The average Bonchev–Trinajstić information content (AvgIpc) is 2.40. The zero-order chi connectivity index (χ0) is 13.1. The van der Waals surface area contributed by atoms with Gasteiger partial charge in [-0.2, -0.15) is 0 Å². The zero-order valence-electron chi connectivity index (χ0n) is 10.6. The van der Waals surface area contributed by atoms with Crippen LogP contribution >= 0.6 is 0 Å². The van der Waals surface area contributed by atoms with E-state index in [1.54, 1.807) is 0 Å². The Bertz CT molecular complexity index is 364. The second kappa shape index (κ2) is 5.48. The molecule has 2 aliphatic heterocycles. The molecule has 6 nitrogen and oxygen atoms in total. The largest absolute Gasteiger partial charge is 0.344 e. The van der Waals surface area contributed by atoms with E-state index in [2.05, 4.69) is 10.6 Å². The Morgan fingerprint density at radius 2 is 1.94 bits per heavy atom. The molecule has 0 aliphatic carbocycles. The van der Waals surface area contributed by atoms with Crippen molar-refractivity contribution in [2.75, 3.05) is 20.1 Å². The summed E-state index contributed by atoms with van der Waals surface area (Å²) < 4.78 is 0. The molecule has 0 spiro atoms. The quantitative estimate of drug-likeness (QED) is 0.635. The Balaban J connectivity index is 1.90. The molecule has 0 saturated carbocycles. The van der Waals surface area contributed by atoms with Crippen LogP contribution in [0.3, 0.4) is 0 Å². The molecule has 2 rings (SSSR count). The molecule has 0 aromatic carbocycles. The minimum atomic E-state index is -0.532. The minimum Gasteiger partial charge on any atom is -0.344 e. The number of imide groups is 1. The van der Waals surface area contributed by atoms with Crippen LogP contribution in [0.2, 0.25) is 0 Å². The molecule has 3 amide bonds. The summed E-state index contributed by atoms with van der Waals surface area (Å²) in [7, 11) is 1.47. The van der Waals surface area contributed by atoms with Crippen molar-refractivity contribution in [3.63, 3.8) is 0 Å². The van der Waals surface area contributed by atoms with Gasteiger partial charge in [-0.3, -0.25) is 19.3 Å². The Morgan fingerprint density at radius 3 is 2.61 bits per heavy atom. The third-order valence-electron chi connectivity index (χ3n) is 3.68. The summed E-state index contributed by atoms with van der Waals surface area (Å²) in [5, 5.41) is 5.97. The molecule has 100 valence electrons. The monoisotopic (exact) mass is 253 g/mol. The van der Waals surface area contributed by atoms with Crippen molar-refractivity contribution in [3.8, 4) is 0 Å². The van der Waals surface area contributed by atoms with Crippen molar-refractivity contribution in [1.29, 1.82) is 0 Å². The maximum absolute atomic E-state index is 12.0. The summed E-state index contributed by atoms with van der Waals surface area (Å²) in [4.78, 5) is 36.3. The molecule has 2 aliphatic rings. The number of nitrogens with one attached hydrogen (secondary N) is 2. The van der Waals surface area contributed by atoms with Gasteiger partial charge in [0.05, 0.1) is 0 Å². The molecule has 0 bridgehead atoms. The third-order valence-corrected chi connectivity index (χ3v) is 3.68. The lowest BCUT2D eigenvalue weighted by molar-refractivity contribution is -0.149. The lowest BCUT2D eigenvalue weighted by Gasteiger charge is -2.30. The molecular formula is C12H19N3O3. The van der Waals surface area contributed by atoms with Gasteiger partial charge in [0.2, 0.25) is 11.8 Å². The van der Waals surface area contributed by atoms with Gasteiger partial charge in [0.25, 0.3) is 5.91 Å². The second-order valence-electron chi connectivity index (χ2n) is 4.92. The summed E-state index contributed by atoms with van der Waals surface area (Å²) in [5.41, 5.74) is 0. The Kier molecular flexibility index (Phi) is 3.96. The maximum Gasteiger partial charge on any atom is 0.251 e. The average molecular weight is 253 g/mol. The van der Waals surface area contributed by atoms with E-state index >= 15 is 0 Å². The van der Waals surface area contributed by atoms with E-state index < -0.39 is 6.04 Å². The third kappa shape index (κ3) is 2.69. The van der Waals surface area contributed by atoms with Crippen LogP contribution in [-0.4, -0.2) is 48.8 Å². The van der Waals surface area contributed by atoms with Gasteiger partial charge in [0.15, 0.2) is 0 Å². The molecule has 2 heterocycles. The normalized spacial score (nSPS) is 26.3. The molecule has 2 fully saturated rings. The number of rotatable bonds is 2. The number of carbonyl (C=O) groups excluding carboxylic acids is 3. The lowest BCUT2D eigenvalue weighted by atomic mass is 9.96. The van der Waals surface area contributed by atoms with Crippen LogP contribution in [0.4, 0.5) is 0 Å². The number of piperidine rings is 2. The number of amides is 3. The number of likely N-dealkylation sites (tertiary alicyclic amines) is 1. The second-order valence-corrected chi connectivity index (χ2v) is 4.92. The van der Waals surface area contributed by atoms with E-state index in [0.29, 0.717) is 12.8 Å². The number of carbonyl (C=O) groups is 3. The molecule has 18 heavy (non-hydrogen) atoms. The van der Waals surface area contributed by atoms with Gasteiger partial charge in [-0.15, -0.1) is 0 Å². The van der Waals surface area contributed by atoms with Gasteiger partial charge >= 0.3 is 0 Å². The van der Waals surface area contributed by atoms with Crippen LogP contribution in [0.25, 0.3) is 0 Å². The van der Waals surface area contributed by atoms with Gasteiger partial charge in [-0.25, -0.2) is 0 Å². The first kappa shape index (κ1) is 13.0. The molecule has 2 saturated heterocycles. The summed E-state index contributed by atoms with van der Waals surface area (Å²) in [5.74, 6) is -0.541. The van der Waals surface area contributed by atoms with Crippen LogP contribution in [0.1, 0.15) is 25.7 Å². The van der Waals surface area contributed by atoms with E-state index in [4.69, 9.17) is 0 Å². The van der Waals surface area contributed by atoms with E-state index in [1.807, 2.05) is 0 Å². The van der Waals surface area contributed by atoms with Crippen LogP contribution < -0.4 is 10.6 Å². The fraction of sp³-hybridized carbons (Fsp3) is 0.750. The molecule has 0 radical (unpaired) electrons. The Labute approximate surface area is 106 Å². The van der Waals surface area contributed by atoms with Gasteiger partial charge in [-0.05, 0) is 32.4 Å². The SMILES string of the molecule is CN1C(=O)CCC(NC(=O)C2CCNCC2)C1=O. The predicted molar refractivity (Wildman–Crippen MR) is 64.5 cm³/mol.